The van der Waals surface area contributed by atoms with Crippen LogP contribution in [-0.4, -0.2) is 45.7 Å². The van der Waals surface area contributed by atoms with Crippen molar-refractivity contribution in [2.45, 2.75) is 12.8 Å². The summed E-state index contributed by atoms with van der Waals surface area (Å²) in [6.07, 6.45) is 5.97. The predicted molar refractivity (Wildman–Crippen MR) is 112 cm³/mol. The van der Waals surface area contributed by atoms with E-state index in [1.54, 1.807) is 12.5 Å². The van der Waals surface area contributed by atoms with Gasteiger partial charge in [0.2, 0.25) is 5.95 Å². The highest BCUT2D eigenvalue weighted by Gasteiger charge is 2.11. The van der Waals surface area contributed by atoms with Crippen molar-refractivity contribution in [3.63, 3.8) is 0 Å². The molecule has 148 valence electrons. The van der Waals surface area contributed by atoms with Gasteiger partial charge in [-0.1, -0.05) is 6.07 Å². The highest BCUT2D eigenvalue weighted by atomic mass is 16.5. The molecule has 0 saturated carbocycles. The van der Waals surface area contributed by atoms with E-state index in [4.69, 9.17) is 9.15 Å². The molecule has 1 aliphatic heterocycles. The summed E-state index contributed by atoms with van der Waals surface area (Å²) < 4.78 is 12.9. The van der Waals surface area contributed by atoms with Crippen molar-refractivity contribution in [3.8, 4) is 17.0 Å². The largest absolute Gasteiger partial charge is 0.492 e. The molecule has 0 amide bonds. The molecule has 1 aromatic carbocycles. The number of hydrogen-bond acceptors (Lipinski definition) is 6. The van der Waals surface area contributed by atoms with Crippen molar-refractivity contribution in [2.75, 3.05) is 31.6 Å². The van der Waals surface area contributed by atoms with Crippen LogP contribution in [0.4, 0.5) is 11.6 Å². The molecule has 7 heteroatoms. The van der Waals surface area contributed by atoms with Crippen LogP contribution in [0.3, 0.4) is 0 Å². The Labute approximate surface area is 168 Å². The first kappa shape index (κ1) is 17.8. The van der Waals surface area contributed by atoms with Gasteiger partial charge >= 0.3 is 0 Å². The maximum absolute atomic E-state index is 5.86. The van der Waals surface area contributed by atoms with Crippen LogP contribution in [0.5, 0.6) is 5.75 Å². The van der Waals surface area contributed by atoms with Crippen molar-refractivity contribution in [1.29, 1.82) is 0 Å². The molecule has 4 aromatic rings. The van der Waals surface area contributed by atoms with Gasteiger partial charge in [0, 0.05) is 17.8 Å². The Bertz CT molecular complexity index is 1070. The summed E-state index contributed by atoms with van der Waals surface area (Å²) >= 11 is 0. The molecule has 1 N–H and O–H groups in total. The second-order valence-corrected chi connectivity index (χ2v) is 7.18. The van der Waals surface area contributed by atoms with Gasteiger partial charge in [-0.3, -0.25) is 4.90 Å². The number of rotatable bonds is 7. The summed E-state index contributed by atoms with van der Waals surface area (Å²) in [4.78, 5) is 7.02. The number of ether oxygens (including phenoxy) is 1. The maximum Gasteiger partial charge on any atom is 0.247 e. The first-order valence-corrected chi connectivity index (χ1v) is 9.96. The third-order valence-electron chi connectivity index (χ3n) is 5.16. The van der Waals surface area contributed by atoms with E-state index in [2.05, 4.69) is 20.3 Å². The Hall–Kier alpha value is -3.32. The molecule has 29 heavy (non-hydrogen) atoms. The number of pyridine rings is 1. The van der Waals surface area contributed by atoms with Crippen LogP contribution in [0.25, 0.3) is 16.9 Å². The van der Waals surface area contributed by atoms with Gasteiger partial charge in [0.15, 0.2) is 5.65 Å². The zero-order chi connectivity index (χ0) is 19.5. The van der Waals surface area contributed by atoms with E-state index in [0.29, 0.717) is 5.95 Å². The first-order chi connectivity index (χ1) is 14.3. The average Bonchev–Trinajstić information content (AvgIpc) is 3.50. The predicted octanol–water partition coefficient (Wildman–Crippen LogP) is 4.21. The molecule has 4 heterocycles. The van der Waals surface area contributed by atoms with E-state index in [9.17, 15) is 0 Å². The number of furan rings is 1. The third-order valence-corrected chi connectivity index (χ3v) is 5.16. The highest BCUT2D eigenvalue weighted by molar-refractivity contribution is 5.64. The van der Waals surface area contributed by atoms with Crippen LogP contribution in [0.15, 0.2) is 65.5 Å². The van der Waals surface area contributed by atoms with E-state index in [1.165, 1.54) is 25.9 Å². The molecule has 1 fully saturated rings. The van der Waals surface area contributed by atoms with Crippen molar-refractivity contribution < 1.29 is 9.15 Å². The Morgan fingerprint density at radius 3 is 2.69 bits per heavy atom. The quantitative estimate of drug-likeness (QED) is 0.511. The lowest BCUT2D eigenvalue weighted by Crippen LogP contribution is -2.25. The average molecular weight is 389 g/mol. The number of anilines is 2. The minimum Gasteiger partial charge on any atom is -0.492 e. The van der Waals surface area contributed by atoms with Crippen LogP contribution < -0.4 is 10.1 Å². The monoisotopic (exact) mass is 389 g/mol. The smallest absolute Gasteiger partial charge is 0.247 e. The molecule has 0 unspecified atom stereocenters. The lowest BCUT2D eigenvalue weighted by Gasteiger charge is -2.15. The molecule has 5 rings (SSSR count). The van der Waals surface area contributed by atoms with Crippen LogP contribution in [-0.2, 0) is 0 Å². The molecule has 1 aliphatic rings. The second kappa shape index (κ2) is 7.97. The molecular weight excluding hydrogens is 366 g/mol. The molecule has 7 nitrogen and oxygen atoms in total. The Morgan fingerprint density at radius 1 is 1.03 bits per heavy atom. The molecule has 0 atom stereocenters. The SMILES string of the molecule is c1cc(-c2ccoc2)n2nc(Nc3ccc(OCCN4CCCC4)cc3)nc2c1. The highest BCUT2D eigenvalue weighted by Crippen LogP contribution is 2.23. The van der Waals surface area contributed by atoms with Gasteiger partial charge < -0.3 is 14.5 Å². The molecule has 3 aromatic heterocycles. The zero-order valence-corrected chi connectivity index (χ0v) is 16.1. The minimum atomic E-state index is 0.545. The topological polar surface area (TPSA) is 67.8 Å². The van der Waals surface area contributed by atoms with Crippen LogP contribution >= 0.6 is 0 Å². The van der Waals surface area contributed by atoms with Crippen LogP contribution in [0.2, 0.25) is 0 Å². The number of benzene rings is 1. The van der Waals surface area contributed by atoms with E-state index >= 15 is 0 Å². The first-order valence-electron chi connectivity index (χ1n) is 9.96. The molecule has 1 saturated heterocycles. The summed E-state index contributed by atoms with van der Waals surface area (Å²) in [5.74, 6) is 1.42. The fourth-order valence-corrected chi connectivity index (χ4v) is 3.65. The summed E-state index contributed by atoms with van der Waals surface area (Å²) in [6.45, 7) is 4.10. The fraction of sp³-hybridized carbons (Fsp3) is 0.273. The van der Waals surface area contributed by atoms with Crippen molar-refractivity contribution in [3.05, 3.63) is 61.1 Å². The van der Waals surface area contributed by atoms with E-state index in [1.807, 2.05) is 53.0 Å². The lowest BCUT2D eigenvalue weighted by atomic mass is 10.2. The Morgan fingerprint density at radius 2 is 1.90 bits per heavy atom. The van der Waals surface area contributed by atoms with Crippen molar-refractivity contribution in [2.24, 2.45) is 0 Å². The number of likely N-dealkylation sites (tertiary alicyclic amines) is 1. The Kier molecular flexibility index (Phi) is 4.88. The van der Waals surface area contributed by atoms with E-state index in [-0.39, 0.29) is 0 Å². The molecule has 0 radical (unpaired) electrons. The third kappa shape index (κ3) is 3.95. The van der Waals surface area contributed by atoms with Gasteiger partial charge in [-0.15, -0.1) is 5.10 Å². The number of fused-ring (bicyclic) bond motifs is 1. The van der Waals surface area contributed by atoms with Crippen LogP contribution in [0.1, 0.15) is 12.8 Å². The minimum absolute atomic E-state index is 0.545. The van der Waals surface area contributed by atoms with Gasteiger partial charge in [0.1, 0.15) is 12.4 Å². The van der Waals surface area contributed by atoms with Crippen LogP contribution in [0, 0.1) is 0 Å². The fourth-order valence-electron chi connectivity index (χ4n) is 3.65. The van der Waals surface area contributed by atoms with E-state index < -0.39 is 0 Å². The molecule has 0 bridgehead atoms. The van der Waals surface area contributed by atoms with Gasteiger partial charge in [-0.05, 0) is 68.4 Å². The molecule has 0 aliphatic carbocycles. The van der Waals surface area contributed by atoms with Crippen molar-refractivity contribution >= 4 is 17.3 Å². The molecular formula is C22H23N5O2. The normalized spacial score (nSPS) is 14.5. The Balaban J connectivity index is 1.25. The maximum atomic E-state index is 5.86. The second-order valence-electron chi connectivity index (χ2n) is 7.18. The standard InChI is InChI=1S/C22H23N5O2/c1-2-12-26(11-1)13-15-29-19-8-6-18(7-9-19)23-22-24-21-5-3-4-20(27(21)25-22)17-10-14-28-16-17/h3-10,14,16H,1-2,11-13,15H2,(H,23,25). The summed E-state index contributed by atoms with van der Waals surface area (Å²) in [5.41, 5.74) is 3.58. The van der Waals surface area contributed by atoms with Gasteiger partial charge in [0.05, 0.1) is 18.2 Å². The van der Waals surface area contributed by atoms with Gasteiger partial charge in [0.25, 0.3) is 0 Å². The van der Waals surface area contributed by atoms with Gasteiger partial charge in [-0.25, -0.2) is 4.52 Å². The number of hydrogen-bond donors (Lipinski definition) is 1. The van der Waals surface area contributed by atoms with E-state index in [0.717, 1.165) is 41.5 Å². The number of aromatic nitrogens is 3. The molecule has 0 spiro atoms. The number of nitrogens with zero attached hydrogens (tertiary/aromatic N) is 4. The zero-order valence-electron chi connectivity index (χ0n) is 16.1. The van der Waals surface area contributed by atoms with Gasteiger partial charge in [-0.2, -0.15) is 4.98 Å². The summed E-state index contributed by atoms with van der Waals surface area (Å²) in [5, 5.41) is 7.86. The summed E-state index contributed by atoms with van der Waals surface area (Å²) in [6, 6.07) is 15.7. The lowest BCUT2D eigenvalue weighted by molar-refractivity contribution is 0.238. The van der Waals surface area contributed by atoms with Crippen molar-refractivity contribution in [1.82, 2.24) is 19.5 Å². The number of nitrogens with one attached hydrogen (secondary N) is 1. The summed E-state index contributed by atoms with van der Waals surface area (Å²) in [7, 11) is 0.